The molecular formula is C12H18O3. The number of fused-ring (bicyclic) bond motifs is 3. The van der Waals surface area contributed by atoms with Crippen molar-refractivity contribution in [3.05, 3.63) is 0 Å². The predicted molar refractivity (Wildman–Crippen MR) is 55.1 cm³/mol. The molecule has 0 aromatic heterocycles. The summed E-state index contributed by atoms with van der Waals surface area (Å²) in [5.41, 5.74) is -0.271. The van der Waals surface area contributed by atoms with Gasteiger partial charge in [0.15, 0.2) is 0 Å². The summed E-state index contributed by atoms with van der Waals surface area (Å²) < 4.78 is 4.82. The van der Waals surface area contributed by atoms with E-state index >= 15 is 0 Å². The molecule has 0 radical (unpaired) electrons. The van der Waals surface area contributed by atoms with E-state index in [0.29, 0.717) is 12.2 Å². The van der Waals surface area contributed by atoms with Crippen molar-refractivity contribution in [2.75, 3.05) is 7.11 Å². The molecule has 0 aromatic rings. The number of ketones is 1. The first-order valence-corrected chi connectivity index (χ1v) is 5.62. The molecule has 3 nitrogen and oxygen atoms in total. The first kappa shape index (κ1) is 10.7. The van der Waals surface area contributed by atoms with Gasteiger partial charge < -0.3 is 4.74 Å². The second-order valence-electron chi connectivity index (χ2n) is 5.25. The molecule has 15 heavy (non-hydrogen) atoms. The average Bonchev–Trinajstić information content (AvgIpc) is 2.24. The van der Waals surface area contributed by atoms with E-state index in [0.717, 1.165) is 12.8 Å². The molecule has 3 aliphatic rings. The number of hydrogen-bond donors (Lipinski definition) is 0. The summed E-state index contributed by atoms with van der Waals surface area (Å²) in [5, 5.41) is 0. The summed E-state index contributed by atoms with van der Waals surface area (Å²) in [6, 6.07) is 0. The lowest BCUT2D eigenvalue weighted by Gasteiger charge is -2.49. The van der Waals surface area contributed by atoms with Crippen LogP contribution < -0.4 is 0 Å². The summed E-state index contributed by atoms with van der Waals surface area (Å²) in [6.07, 6.45) is 2.62. The minimum atomic E-state index is -0.271. The van der Waals surface area contributed by atoms with Gasteiger partial charge in [-0.3, -0.25) is 9.59 Å². The van der Waals surface area contributed by atoms with Crippen molar-refractivity contribution in [1.82, 2.24) is 0 Å². The molecule has 0 saturated heterocycles. The van der Waals surface area contributed by atoms with E-state index in [1.807, 2.05) is 13.8 Å². The van der Waals surface area contributed by atoms with Gasteiger partial charge in [-0.2, -0.15) is 0 Å². The third-order valence-corrected chi connectivity index (χ3v) is 4.37. The molecule has 3 heteroatoms. The van der Waals surface area contributed by atoms with E-state index in [1.165, 1.54) is 7.11 Å². The molecule has 0 amide bonds. The van der Waals surface area contributed by atoms with E-state index in [2.05, 4.69) is 0 Å². The molecule has 0 N–H and O–H groups in total. The van der Waals surface area contributed by atoms with Crippen molar-refractivity contribution in [3.8, 4) is 0 Å². The Hall–Kier alpha value is -0.860. The van der Waals surface area contributed by atoms with Gasteiger partial charge in [0, 0.05) is 11.3 Å². The molecule has 4 atom stereocenters. The van der Waals surface area contributed by atoms with Crippen LogP contribution in [0.5, 0.6) is 0 Å². The first-order valence-electron chi connectivity index (χ1n) is 5.62. The van der Waals surface area contributed by atoms with Crippen molar-refractivity contribution in [3.63, 3.8) is 0 Å². The van der Waals surface area contributed by atoms with Crippen molar-refractivity contribution < 1.29 is 14.3 Å². The largest absolute Gasteiger partial charge is 0.469 e. The van der Waals surface area contributed by atoms with Crippen LogP contribution in [-0.4, -0.2) is 18.9 Å². The summed E-state index contributed by atoms with van der Waals surface area (Å²) in [7, 11) is 1.43. The van der Waals surface area contributed by atoms with Gasteiger partial charge in [0.2, 0.25) is 0 Å². The van der Waals surface area contributed by atoms with Crippen LogP contribution in [0.15, 0.2) is 0 Å². The van der Waals surface area contributed by atoms with Crippen molar-refractivity contribution in [2.24, 2.45) is 23.2 Å². The number of carbonyl (C=O) groups excluding carboxylic acids is 2. The van der Waals surface area contributed by atoms with Gasteiger partial charge in [-0.05, 0) is 25.2 Å². The predicted octanol–water partition coefficient (Wildman–Crippen LogP) is 1.80. The third-order valence-electron chi connectivity index (χ3n) is 4.37. The van der Waals surface area contributed by atoms with E-state index < -0.39 is 0 Å². The number of esters is 1. The SMILES string of the molecule is COC(=O)C1C[C@@]2(C)CCC1C(C)C2=O. The number of ether oxygens (including phenoxy) is 1. The van der Waals surface area contributed by atoms with Crippen molar-refractivity contribution >= 4 is 11.8 Å². The Labute approximate surface area is 90.2 Å². The van der Waals surface area contributed by atoms with E-state index in [4.69, 9.17) is 4.74 Å². The molecular weight excluding hydrogens is 192 g/mol. The zero-order valence-electron chi connectivity index (χ0n) is 9.58. The quantitative estimate of drug-likeness (QED) is 0.620. The van der Waals surface area contributed by atoms with Gasteiger partial charge in [-0.15, -0.1) is 0 Å². The molecule has 0 aromatic carbocycles. The summed E-state index contributed by atoms with van der Waals surface area (Å²) in [5.74, 6) is 0.402. The molecule has 3 rings (SSSR count). The monoisotopic (exact) mass is 210 g/mol. The van der Waals surface area contributed by atoms with Crippen LogP contribution in [0, 0.1) is 23.2 Å². The Morgan fingerprint density at radius 2 is 2.20 bits per heavy atom. The van der Waals surface area contributed by atoms with Gasteiger partial charge in [0.1, 0.15) is 5.78 Å². The zero-order chi connectivity index (χ0) is 11.2. The smallest absolute Gasteiger partial charge is 0.308 e. The van der Waals surface area contributed by atoms with Crippen LogP contribution in [0.3, 0.4) is 0 Å². The van der Waals surface area contributed by atoms with Crippen LogP contribution in [0.4, 0.5) is 0 Å². The lowest BCUT2D eigenvalue weighted by molar-refractivity contribution is -0.163. The summed E-state index contributed by atoms with van der Waals surface area (Å²) in [6.45, 7) is 3.96. The molecule has 0 heterocycles. The third kappa shape index (κ3) is 1.40. The lowest BCUT2D eigenvalue weighted by atomic mass is 9.52. The molecule has 3 saturated carbocycles. The van der Waals surface area contributed by atoms with Crippen molar-refractivity contribution in [2.45, 2.75) is 33.1 Å². The Morgan fingerprint density at radius 1 is 1.53 bits per heavy atom. The van der Waals surface area contributed by atoms with Gasteiger partial charge in [0.05, 0.1) is 13.0 Å². The topological polar surface area (TPSA) is 43.4 Å². The maximum atomic E-state index is 12.0. The highest BCUT2D eigenvalue weighted by Gasteiger charge is 2.54. The Balaban J connectivity index is 2.28. The van der Waals surface area contributed by atoms with Gasteiger partial charge in [0.25, 0.3) is 0 Å². The van der Waals surface area contributed by atoms with E-state index in [-0.39, 0.29) is 29.1 Å². The summed E-state index contributed by atoms with van der Waals surface area (Å²) in [4.78, 5) is 23.6. The fourth-order valence-corrected chi connectivity index (χ4v) is 3.40. The first-order chi connectivity index (χ1) is 6.99. The van der Waals surface area contributed by atoms with Gasteiger partial charge in [-0.1, -0.05) is 13.8 Å². The molecule has 84 valence electrons. The molecule has 0 aliphatic heterocycles. The van der Waals surface area contributed by atoms with Gasteiger partial charge >= 0.3 is 5.97 Å². The maximum absolute atomic E-state index is 12.0. The zero-order valence-corrected chi connectivity index (χ0v) is 9.58. The van der Waals surface area contributed by atoms with Crippen LogP contribution in [0.1, 0.15) is 33.1 Å². The van der Waals surface area contributed by atoms with E-state index in [9.17, 15) is 9.59 Å². The van der Waals surface area contributed by atoms with Crippen molar-refractivity contribution in [1.29, 1.82) is 0 Å². The van der Waals surface area contributed by atoms with Crippen LogP contribution >= 0.6 is 0 Å². The highest BCUT2D eigenvalue weighted by Crippen LogP contribution is 2.53. The number of hydrogen-bond acceptors (Lipinski definition) is 3. The molecule has 3 unspecified atom stereocenters. The number of Topliss-reactive ketones (excluding diaryl/α,β-unsaturated/α-hetero) is 1. The van der Waals surface area contributed by atoms with Crippen LogP contribution in [0.25, 0.3) is 0 Å². The molecule has 2 bridgehead atoms. The summed E-state index contributed by atoms with van der Waals surface area (Å²) >= 11 is 0. The Kier molecular flexibility index (Phi) is 2.36. The molecule has 3 aliphatic carbocycles. The van der Waals surface area contributed by atoms with Crippen LogP contribution in [-0.2, 0) is 14.3 Å². The molecule has 3 fully saturated rings. The number of methoxy groups -OCH3 is 1. The van der Waals surface area contributed by atoms with E-state index in [1.54, 1.807) is 0 Å². The number of rotatable bonds is 1. The fourth-order valence-electron chi connectivity index (χ4n) is 3.40. The minimum Gasteiger partial charge on any atom is -0.469 e. The molecule has 0 spiro atoms. The lowest BCUT2D eigenvalue weighted by Crippen LogP contribution is -2.52. The average molecular weight is 210 g/mol. The Bertz CT molecular complexity index is 310. The van der Waals surface area contributed by atoms with Gasteiger partial charge in [-0.25, -0.2) is 0 Å². The fraction of sp³-hybridized carbons (Fsp3) is 0.833. The van der Waals surface area contributed by atoms with Crippen LogP contribution in [0.2, 0.25) is 0 Å². The Morgan fingerprint density at radius 3 is 2.73 bits per heavy atom. The second-order valence-corrected chi connectivity index (χ2v) is 5.25. The highest BCUT2D eigenvalue weighted by molar-refractivity contribution is 5.90. The standard InChI is InChI=1S/C12H18O3/c1-7-8-4-5-12(2,10(7)13)6-9(8)11(14)15-3/h7-9H,4-6H2,1-3H3/t7?,8?,9?,12-/m1/s1. The minimum absolute atomic E-state index is 0.0293. The maximum Gasteiger partial charge on any atom is 0.308 e. The normalized spacial score (nSPS) is 44.2. The number of carbonyl (C=O) groups is 2. The highest BCUT2D eigenvalue weighted by atomic mass is 16.5. The second kappa shape index (κ2) is 3.32.